The molecular formula is C16H22N2O2. The van der Waals surface area contributed by atoms with Gasteiger partial charge in [-0.2, -0.15) is 0 Å². The smallest absolute Gasteiger partial charge is 0.229 e. The van der Waals surface area contributed by atoms with E-state index in [1.54, 1.807) is 0 Å². The molecule has 2 heterocycles. The van der Waals surface area contributed by atoms with Gasteiger partial charge >= 0.3 is 0 Å². The highest BCUT2D eigenvalue weighted by atomic mass is 16.5. The van der Waals surface area contributed by atoms with Crippen LogP contribution in [0.5, 0.6) is 5.75 Å². The molecule has 1 N–H and O–H groups in total. The molecule has 0 aromatic heterocycles. The summed E-state index contributed by atoms with van der Waals surface area (Å²) < 4.78 is 5.75. The van der Waals surface area contributed by atoms with Crippen molar-refractivity contribution in [3.05, 3.63) is 29.8 Å². The number of rotatable bonds is 3. The molecule has 108 valence electrons. The lowest BCUT2D eigenvalue weighted by Crippen LogP contribution is -2.47. The van der Waals surface area contributed by atoms with Crippen LogP contribution in [0.4, 0.5) is 0 Å². The van der Waals surface area contributed by atoms with Crippen molar-refractivity contribution in [3.63, 3.8) is 0 Å². The first-order valence-electron chi connectivity index (χ1n) is 7.51. The van der Waals surface area contributed by atoms with Crippen LogP contribution < -0.4 is 10.1 Å². The Kier molecular flexibility index (Phi) is 3.92. The number of para-hydroxylation sites is 1. The summed E-state index contributed by atoms with van der Waals surface area (Å²) in [5, 5.41) is 3.34. The molecule has 1 aromatic rings. The number of amides is 1. The first kappa shape index (κ1) is 13.4. The summed E-state index contributed by atoms with van der Waals surface area (Å²) >= 11 is 0. The van der Waals surface area contributed by atoms with Crippen molar-refractivity contribution in [2.24, 2.45) is 5.92 Å². The lowest BCUT2D eigenvalue weighted by Gasteiger charge is -2.33. The largest absolute Gasteiger partial charge is 0.492 e. The van der Waals surface area contributed by atoms with Gasteiger partial charge in [-0.3, -0.25) is 4.79 Å². The van der Waals surface area contributed by atoms with E-state index in [0.717, 1.165) is 43.8 Å². The SMILES string of the molecule is CCN(C(=O)C1COc2ccccc2C1)C1CCNC1. The summed E-state index contributed by atoms with van der Waals surface area (Å²) in [4.78, 5) is 14.8. The standard InChI is InChI=1S/C16H22N2O2/c1-2-18(14-7-8-17-10-14)16(19)13-9-12-5-3-4-6-15(12)20-11-13/h3-6,13-14,17H,2,7-11H2,1H3. The topological polar surface area (TPSA) is 41.6 Å². The Labute approximate surface area is 120 Å². The summed E-state index contributed by atoms with van der Waals surface area (Å²) in [6.07, 6.45) is 1.86. The van der Waals surface area contributed by atoms with Crippen LogP contribution in [0.15, 0.2) is 24.3 Å². The monoisotopic (exact) mass is 274 g/mol. The lowest BCUT2D eigenvalue weighted by molar-refractivity contribution is -0.138. The molecule has 1 aromatic carbocycles. The highest BCUT2D eigenvalue weighted by molar-refractivity contribution is 5.80. The zero-order valence-electron chi connectivity index (χ0n) is 12.0. The van der Waals surface area contributed by atoms with E-state index >= 15 is 0 Å². The number of carbonyl (C=O) groups is 1. The molecule has 0 saturated carbocycles. The van der Waals surface area contributed by atoms with E-state index in [4.69, 9.17) is 4.74 Å². The number of hydrogen-bond acceptors (Lipinski definition) is 3. The average molecular weight is 274 g/mol. The summed E-state index contributed by atoms with van der Waals surface area (Å²) in [5.74, 6) is 1.14. The van der Waals surface area contributed by atoms with Crippen LogP contribution in [0.1, 0.15) is 18.9 Å². The molecule has 0 aliphatic carbocycles. The Balaban J connectivity index is 1.71. The predicted molar refractivity (Wildman–Crippen MR) is 77.8 cm³/mol. The van der Waals surface area contributed by atoms with Gasteiger partial charge in [0.1, 0.15) is 12.4 Å². The van der Waals surface area contributed by atoms with Gasteiger partial charge in [-0.25, -0.2) is 0 Å². The molecule has 3 rings (SSSR count). The van der Waals surface area contributed by atoms with Crippen LogP contribution >= 0.6 is 0 Å². The Morgan fingerprint density at radius 3 is 3.05 bits per heavy atom. The fourth-order valence-corrected chi connectivity index (χ4v) is 3.22. The van der Waals surface area contributed by atoms with E-state index in [1.165, 1.54) is 0 Å². The Morgan fingerprint density at radius 1 is 1.45 bits per heavy atom. The third-order valence-corrected chi connectivity index (χ3v) is 4.33. The Morgan fingerprint density at radius 2 is 2.30 bits per heavy atom. The molecular weight excluding hydrogens is 252 g/mol. The maximum absolute atomic E-state index is 12.7. The summed E-state index contributed by atoms with van der Waals surface area (Å²) in [6.45, 7) is 5.28. The fraction of sp³-hybridized carbons (Fsp3) is 0.562. The molecule has 20 heavy (non-hydrogen) atoms. The number of carbonyl (C=O) groups excluding carboxylic acids is 1. The second kappa shape index (κ2) is 5.83. The highest BCUT2D eigenvalue weighted by Crippen LogP contribution is 2.28. The fourth-order valence-electron chi connectivity index (χ4n) is 3.22. The molecule has 2 unspecified atom stereocenters. The van der Waals surface area contributed by atoms with Crippen molar-refractivity contribution in [2.75, 3.05) is 26.2 Å². The zero-order valence-corrected chi connectivity index (χ0v) is 12.0. The number of likely N-dealkylation sites (N-methyl/N-ethyl adjacent to an activating group) is 1. The predicted octanol–water partition coefficient (Wildman–Crippen LogP) is 1.45. The normalized spacial score (nSPS) is 24.9. The molecule has 2 atom stereocenters. The minimum absolute atomic E-state index is 0.0366. The van der Waals surface area contributed by atoms with Crippen LogP contribution in [0.25, 0.3) is 0 Å². The molecule has 1 amide bonds. The van der Waals surface area contributed by atoms with E-state index < -0.39 is 0 Å². The van der Waals surface area contributed by atoms with Crippen LogP contribution in [0.3, 0.4) is 0 Å². The van der Waals surface area contributed by atoms with Gasteiger partial charge in [0.05, 0.1) is 5.92 Å². The second-order valence-electron chi connectivity index (χ2n) is 5.59. The van der Waals surface area contributed by atoms with Crippen molar-refractivity contribution >= 4 is 5.91 Å². The third-order valence-electron chi connectivity index (χ3n) is 4.33. The van der Waals surface area contributed by atoms with Gasteiger partial charge in [0.2, 0.25) is 5.91 Å². The van der Waals surface area contributed by atoms with Crippen molar-refractivity contribution in [1.29, 1.82) is 0 Å². The minimum atomic E-state index is -0.0366. The van der Waals surface area contributed by atoms with Crippen molar-refractivity contribution in [3.8, 4) is 5.75 Å². The van der Waals surface area contributed by atoms with Gasteiger partial charge in [-0.1, -0.05) is 18.2 Å². The van der Waals surface area contributed by atoms with E-state index in [0.29, 0.717) is 12.6 Å². The molecule has 4 heteroatoms. The van der Waals surface area contributed by atoms with Crippen molar-refractivity contribution in [1.82, 2.24) is 10.2 Å². The minimum Gasteiger partial charge on any atom is -0.492 e. The lowest BCUT2D eigenvalue weighted by atomic mass is 9.95. The number of hydrogen-bond donors (Lipinski definition) is 1. The molecule has 2 aliphatic heterocycles. The van der Waals surface area contributed by atoms with E-state index in [2.05, 4.69) is 18.3 Å². The first-order valence-corrected chi connectivity index (χ1v) is 7.51. The van der Waals surface area contributed by atoms with Crippen LogP contribution in [0, 0.1) is 5.92 Å². The van der Waals surface area contributed by atoms with Gasteiger partial charge in [0, 0.05) is 19.1 Å². The van der Waals surface area contributed by atoms with Crippen molar-refractivity contribution in [2.45, 2.75) is 25.8 Å². The maximum atomic E-state index is 12.7. The van der Waals surface area contributed by atoms with Crippen molar-refractivity contribution < 1.29 is 9.53 Å². The Bertz CT molecular complexity index is 483. The molecule has 0 radical (unpaired) electrons. The number of nitrogens with one attached hydrogen (secondary N) is 1. The van der Waals surface area contributed by atoms with E-state index in [-0.39, 0.29) is 11.8 Å². The molecule has 1 saturated heterocycles. The molecule has 2 aliphatic rings. The molecule has 4 nitrogen and oxygen atoms in total. The average Bonchev–Trinajstić information content (AvgIpc) is 3.01. The number of fused-ring (bicyclic) bond motifs is 1. The van der Waals surface area contributed by atoms with Gasteiger partial charge in [0.15, 0.2) is 0 Å². The molecule has 0 bridgehead atoms. The van der Waals surface area contributed by atoms with Gasteiger partial charge in [-0.05, 0) is 37.9 Å². The number of benzene rings is 1. The summed E-state index contributed by atoms with van der Waals surface area (Å²) in [7, 11) is 0. The number of ether oxygens (including phenoxy) is 1. The molecule has 1 fully saturated rings. The maximum Gasteiger partial charge on any atom is 0.229 e. The van der Waals surface area contributed by atoms with E-state index in [1.807, 2.05) is 23.1 Å². The Hall–Kier alpha value is -1.55. The highest BCUT2D eigenvalue weighted by Gasteiger charge is 2.33. The second-order valence-corrected chi connectivity index (χ2v) is 5.59. The third kappa shape index (κ3) is 2.52. The zero-order chi connectivity index (χ0) is 13.9. The van der Waals surface area contributed by atoms with Gasteiger partial charge in [-0.15, -0.1) is 0 Å². The summed E-state index contributed by atoms with van der Waals surface area (Å²) in [5.41, 5.74) is 1.15. The summed E-state index contributed by atoms with van der Waals surface area (Å²) in [6, 6.07) is 8.37. The first-order chi connectivity index (χ1) is 9.79. The van der Waals surface area contributed by atoms with Crippen LogP contribution in [-0.2, 0) is 11.2 Å². The van der Waals surface area contributed by atoms with Crippen LogP contribution in [-0.4, -0.2) is 43.1 Å². The van der Waals surface area contributed by atoms with Crippen LogP contribution in [0.2, 0.25) is 0 Å². The van der Waals surface area contributed by atoms with E-state index in [9.17, 15) is 4.79 Å². The quantitative estimate of drug-likeness (QED) is 0.907. The van der Waals surface area contributed by atoms with Gasteiger partial charge in [0.25, 0.3) is 0 Å². The molecule has 0 spiro atoms. The number of nitrogens with zero attached hydrogens (tertiary/aromatic N) is 1. The van der Waals surface area contributed by atoms with Gasteiger partial charge < -0.3 is 15.0 Å².